The molecular weight excluding hydrogens is 416 g/mol. The van der Waals surface area contributed by atoms with E-state index in [1.54, 1.807) is 38.4 Å². The van der Waals surface area contributed by atoms with Crippen LogP contribution < -0.4 is 20.9 Å². The van der Waals surface area contributed by atoms with E-state index in [9.17, 15) is 9.59 Å². The molecule has 0 aliphatic heterocycles. The van der Waals surface area contributed by atoms with Gasteiger partial charge in [-0.2, -0.15) is 0 Å². The van der Waals surface area contributed by atoms with Crippen molar-refractivity contribution in [1.29, 1.82) is 0 Å². The average molecular weight is 441 g/mol. The Bertz CT molecular complexity index is 1100. The molecule has 1 amide bonds. The smallest absolute Gasteiger partial charge is 0.293 e. The lowest BCUT2D eigenvalue weighted by atomic mass is 10.1. The molecule has 2 aromatic carbocycles. The first-order valence-corrected chi connectivity index (χ1v) is 10.3. The lowest BCUT2D eigenvalue weighted by Gasteiger charge is -2.13. The van der Waals surface area contributed by atoms with Crippen LogP contribution in [0.3, 0.4) is 0 Å². The number of nitrogens with one attached hydrogen (secondary N) is 2. The summed E-state index contributed by atoms with van der Waals surface area (Å²) in [7, 11) is 1.56. The summed E-state index contributed by atoms with van der Waals surface area (Å²) in [6, 6.07) is 15.2. The number of benzene rings is 2. The highest BCUT2D eigenvalue weighted by atomic mass is 35.5. The normalized spacial score (nSPS) is 10.5. The maximum Gasteiger partial charge on any atom is 0.293 e. The molecule has 0 aliphatic carbocycles. The molecule has 7 nitrogen and oxygen atoms in total. The van der Waals surface area contributed by atoms with Crippen molar-refractivity contribution >= 4 is 23.3 Å². The fraction of sp³-hybridized carbons (Fsp3) is 0.261. The molecule has 31 heavy (non-hydrogen) atoms. The van der Waals surface area contributed by atoms with E-state index in [-0.39, 0.29) is 30.4 Å². The summed E-state index contributed by atoms with van der Waals surface area (Å²) in [4.78, 5) is 29.5. The van der Waals surface area contributed by atoms with Crippen molar-refractivity contribution in [3.63, 3.8) is 0 Å². The van der Waals surface area contributed by atoms with E-state index in [1.165, 1.54) is 10.1 Å². The van der Waals surface area contributed by atoms with Gasteiger partial charge in [0.15, 0.2) is 5.82 Å². The van der Waals surface area contributed by atoms with E-state index in [1.807, 2.05) is 30.3 Å². The van der Waals surface area contributed by atoms with Gasteiger partial charge in [0.25, 0.3) is 5.56 Å². The Morgan fingerprint density at radius 2 is 1.97 bits per heavy atom. The third-order valence-corrected chi connectivity index (χ3v) is 5.06. The minimum atomic E-state index is -0.330. The van der Waals surface area contributed by atoms with Gasteiger partial charge >= 0.3 is 0 Å². The van der Waals surface area contributed by atoms with Crippen molar-refractivity contribution in [2.75, 3.05) is 19.0 Å². The standard InChI is InChI=1S/C23H25ClN4O3/c1-16-13-27-22(25-11-10-17-6-4-3-5-7-17)23(30)28(16)15-21(29)26-14-18-12-19(24)8-9-20(18)31-2/h3-9,12-13H,10-11,14-15H2,1-2H3,(H,25,27)(H,26,29). The Balaban J connectivity index is 1.63. The number of aryl methyl sites for hydroxylation is 1. The van der Waals surface area contributed by atoms with Gasteiger partial charge in [-0.15, -0.1) is 0 Å². The van der Waals surface area contributed by atoms with E-state index in [2.05, 4.69) is 15.6 Å². The van der Waals surface area contributed by atoms with E-state index in [0.717, 1.165) is 12.0 Å². The summed E-state index contributed by atoms with van der Waals surface area (Å²) >= 11 is 6.03. The predicted molar refractivity (Wildman–Crippen MR) is 122 cm³/mol. The number of ether oxygens (including phenoxy) is 1. The summed E-state index contributed by atoms with van der Waals surface area (Å²) < 4.78 is 6.70. The zero-order valence-electron chi connectivity index (χ0n) is 17.5. The first-order valence-electron chi connectivity index (χ1n) is 9.91. The fourth-order valence-corrected chi connectivity index (χ4v) is 3.33. The number of hydrogen-bond acceptors (Lipinski definition) is 5. The van der Waals surface area contributed by atoms with Crippen LogP contribution in [-0.4, -0.2) is 29.1 Å². The minimum Gasteiger partial charge on any atom is -0.496 e. The number of halogens is 1. The number of hydrogen-bond donors (Lipinski definition) is 2. The van der Waals surface area contributed by atoms with Gasteiger partial charge in [0.2, 0.25) is 5.91 Å². The molecule has 0 saturated carbocycles. The van der Waals surface area contributed by atoms with Gasteiger partial charge in [0, 0.05) is 35.6 Å². The third kappa shape index (κ3) is 6.08. The maximum absolute atomic E-state index is 12.8. The van der Waals surface area contributed by atoms with Crippen molar-refractivity contribution < 1.29 is 9.53 Å². The van der Waals surface area contributed by atoms with Crippen molar-refractivity contribution in [1.82, 2.24) is 14.9 Å². The molecule has 0 aliphatic rings. The first-order chi connectivity index (χ1) is 15.0. The second-order valence-electron chi connectivity index (χ2n) is 7.03. The zero-order chi connectivity index (χ0) is 22.2. The van der Waals surface area contributed by atoms with E-state index >= 15 is 0 Å². The first kappa shape index (κ1) is 22.4. The molecular formula is C23H25ClN4O3. The number of carbonyl (C=O) groups excluding carboxylic acids is 1. The second kappa shape index (κ2) is 10.6. The number of rotatable bonds is 9. The molecule has 0 atom stereocenters. The Labute approximate surface area is 186 Å². The average Bonchev–Trinajstić information content (AvgIpc) is 2.77. The molecule has 0 spiro atoms. The number of anilines is 1. The third-order valence-electron chi connectivity index (χ3n) is 4.82. The van der Waals surface area contributed by atoms with Gasteiger partial charge in [-0.3, -0.25) is 14.2 Å². The van der Waals surface area contributed by atoms with Gasteiger partial charge in [-0.25, -0.2) is 4.98 Å². The Morgan fingerprint density at radius 1 is 1.19 bits per heavy atom. The molecule has 0 unspecified atom stereocenters. The number of nitrogens with zero attached hydrogens (tertiary/aromatic N) is 2. The summed E-state index contributed by atoms with van der Waals surface area (Å²) in [5.74, 6) is 0.561. The largest absolute Gasteiger partial charge is 0.496 e. The van der Waals surface area contributed by atoms with Crippen LogP contribution in [0, 0.1) is 6.92 Å². The van der Waals surface area contributed by atoms with Crippen LogP contribution in [0.5, 0.6) is 5.75 Å². The highest BCUT2D eigenvalue weighted by Gasteiger charge is 2.12. The van der Waals surface area contributed by atoms with Gasteiger partial charge < -0.3 is 15.4 Å². The molecule has 0 radical (unpaired) electrons. The summed E-state index contributed by atoms with van der Waals surface area (Å²) in [5, 5.41) is 6.44. The minimum absolute atomic E-state index is 0.108. The molecule has 3 aromatic rings. The van der Waals surface area contributed by atoms with Gasteiger partial charge in [0.05, 0.1) is 7.11 Å². The molecule has 0 saturated heterocycles. The molecule has 3 rings (SSSR count). The lowest BCUT2D eigenvalue weighted by molar-refractivity contribution is -0.121. The van der Waals surface area contributed by atoms with E-state index in [0.29, 0.717) is 23.0 Å². The second-order valence-corrected chi connectivity index (χ2v) is 7.47. The van der Waals surface area contributed by atoms with Crippen molar-refractivity contribution in [2.45, 2.75) is 26.4 Å². The molecule has 2 N–H and O–H groups in total. The SMILES string of the molecule is COc1ccc(Cl)cc1CNC(=O)Cn1c(C)cnc(NCCc2ccccc2)c1=O. The van der Waals surface area contributed by atoms with Crippen molar-refractivity contribution in [3.8, 4) is 5.75 Å². The monoisotopic (exact) mass is 440 g/mol. The highest BCUT2D eigenvalue weighted by molar-refractivity contribution is 6.30. The molecule has 0 fully saturated rings. The Morgan fingerprint density at radius 3 is 2.71 bits per heavy atom. The number of aromatic nitrogens is 2. The van der Waals surface area contributed by atoms with Crippen LogP contribution in [0.15, 0.2) is 59.5 Å². The van der Waals surface area contributed by atoms with E-state index in [4.69, 9.17) is 16.3 Å². The quantitative estimate of drug-likeness (QED) is 0.533. The Kier molecular flexibility index (Phi) is 7.67. The fourth-order valence-electron chi connectivity index (χ4n) is 3.14. The van der Waals surface area contributed by atoms with Crippen LogP contribution >= 0.6 is 11.6 Å². The topological polar surface area (TPSA) is 85.2 Å². The molecule has 1 heterocycles. The van der Waals surface area contributed by atoms with Gasteiger partial charge in [-0.05, 0) is 37.1 Å². The number of amides is 1. The molecule has 162 valence electrons. The number of methoxy groups -OCH3 is 1. The van der Waals surface area contributed by atoms with Crippen molar-refractivity contribution in [3.05, 3.63) is 86.9 Å². The summed E-state index contributed by atoms with van der Waals surface area (Å²) in [5.41, 5.74) is 2.20. The summed E-state index contributed by atoms with van der Waals surface area (Å²) in [6.45, 7) is 2.44. The highest BCUT2D eigenvalue weighted by Crippen LogP contribution is 2.22. The molecule has 8 heteroatoms. The van der Waals surface area contributed by atoms with Crippen LogP contribution in [0.2, 0.25) is 5.02 Å². The zero-order valence-corrected chi connectivity index (χ0v) is 18.3. The van der Waals surface area contributed by atoms with Crippen LogP contribution in [0.1, 0.15) is 16.8 Å². The van der Waals surface area contributed by atoms with Crippen LogP contribution in [0.4, 0.5) is 5.82 Å². The molecule has 1 aromatic heterocycles. The van der Waals surface area contributed by atoms with E-state index < -0.39 is 0 Å². The van der Waals surface area contributed by atoms with Gasteiger partial charge in [-0.1, -0.05) is 41.9 Å². The van der Waals surface area contributed by atoms with Gasteiger partial charge in [0.1, 0.15) is 12.3 Å². The van der Waals surface area contributed by atoms with Crippen LogP contribution in [-0.2, 0) is 24.3 Å². The maximum atomic E-state index is 12.8. The molecule has 0 bridgehead atoms. The lowest BCUT2D eigenvalue weighted by Crippen LogP contribution is -2.34. The summed E-state index contributed by atoms with van der Waals surface area (Å²) in [6.07, 6.45) is 2.34. The van der Waals surface area contributed by atoms with Crippen LogP contribution in [0.25, 0.3) is 0 Å². The van der Waals surface area contributed by atoms with Crippen molar-refractivity contribution in [2.24, 2.45) is 0 Å². The predicted octanol–water partition coefficient (Wildman–Crippen LogP) is 3.18. The number of carbonyl (C=O) groups is 1. The Hall–Kier alpha value is -3.32.